The lowest BCUT2D eigenvalue weighted by molar-refractivity contribution is 0.0600. The van der Waals surface area contributed by atoms with E-state index in [1.54, 1.807) is 30.5 Å². The molecule has 1 aromatic carbocycles. The van der Waals surface area contributed by atoms with E-state index in [-0.39, 0.29) is 10.7 Å². The number of methoxy groups -OCH3 is 1. The largest absolute Gasteiger partial charge is 0.465 e. The molecular formula is C14H12ClN3O3S. The van der Waals surface area contributed by atoms with Gasteiger partial charge in [-0.1, -0.05) is 23.4 Å². The molecule has 1 aromatic heterocycles. The molecule has 1 amide bonds. The summed E-state index contributed by atoms with van der Waals surface area (Å²) in [7, 11) is 1.30. The number of nitrogens with one attached hydrogen (secondary N) is 1. The summed E-state index contributed by atoms with van der Waals surface area (Å²) in [6, 6.07) is 6.29. The summed E-state index contributed by atoms with van der Waals surface area (Å²) in [6.07, 6.45) is 3.19. The van der Waals surface area contributed by atoms with Crippen LogP contribution >= 0.6 is 23.4 Å². The standard InChI is InChI=1S/C14H12ClN3O3S/c1-21-13(20)8-3-5-9(6-4-8)17-12(19)11-10(15)7-16-14(18-11)22-2/h3-7H,1-2H3,(H,17,19). The van der Waals surface area contributed by atoms with Gasteiger partial charge in [0.25, 0.3) is 5.91 Å². The maximum absolute atomic E-state index is 12.2. The molecular weight excluding hydrogens is 326 g/mol. The lowest BCUT2D eigenvalue weighted by Gasteiger charge is -2.07. The fraction of sp³-hybridized carbons (Fsp3) is 0.143. The molecule has 0 unspecified atom stereocenters. The predicted octanol–water partition coefficient (Wildman–Crippen LogP) is 2.89. The van der Waals surface area contributed by atoms with Crippen molar-refractivity contribution in [2.45, 2.75) is 5.16 Å². The minimum Gasteiger partial charge on any atom is -0.465 e. The molecule has 114 valence electrons. The van der Waals surface area contributed by atoms with Gasteiger partial charge in [0.2, 0.25) is 0 Å². The van der Waals surface area contributed by atoms with Crippen molar-refractivity contribution >= 4 is 40.9 Å². The zero-order valence-corrected chi connectivity index (χ0v) is 13.4. The van der Waals surface area contributed by atoms with Crippen molar-refractivity contribution in [2.75, 3.05) is 18.7 Å². The maximum atomic E-state index is 12.2. The fourth-order valence-corrected chi connectivity index (χ4v) is 2.12. The number of hydrogen-bond acceptors (Lipinski definition) is 6. The number of amides is 1. The van der Waals surface area contributed by atoms with Gasteiger partial charge < -0.3 is 10.1 Å². The molecule has 1 N–H and O–H groups in total. The van der Waals surface area contributed by atoms with Gasteiger partial charge in [-0.05, 0) is 30.5 Å². The Kier molecular flexibility index (Phi) is 5.35. The van der Waals surface area contributed by atoms with Crippen LogP contribution in [0.4, 0.5) is 5.69 Å². The van der Waals surface area contributed by atoms with E-state index in [0.29, 0.717) is 16.4 Å². The van der Waals surface area contributed by atoms with Crippen molar-refractivity contribution in [1.29, 1.82) is 0 Å². The van der Waals surface area contributed by atoms with Crippen LogP contribution in [0.15, 0.2) is 35.6 Å². The van der Waals surface area contributed by atoms with E-state index in [1.807, 2.05) is 0 Å². The van der Waals surface area contributed by atoms with E-state index >= 15 is 0 Å². The normalized spacial score (nSPS) is 10.1. The number of benzene rings is 1. The highest BCUT2D eigenvalue weighted by Crippen LogP contribution is 2.18. The molecule has 0 atom stereocenters. The smallest absolute Gasteiger partial charge is 0.337 e. The predicted molar refractivity (Wildman–Crippen MR) is 84.6 cm³/mol. The van der Waals surface area contributed by atoms with Crippen molar-refractivity contribution in [1.82, 2.24) is 9.97 Å². The number of carbonyl (C=O) groups is 2. The number of carbonyl (C=O) groups excluding carboxylic acids is 2. The van der Waals surface area contributed by atoms with Crippen LogP contribution in [-0.4, -0.2) is 35.2 Å². The van der Waals surface area contributed by atoms with Gasteiger partial charge in [-0.2, -0.15) is 0 Å². The number of hydrogen-bond donors (Lipinski definition) is 1. The van der Waals surface area contributed by atoms with Crippen LogP contribution < -0.4 is 5.32 Å². The lowest BCUT2D eigenvalue weighted by Crippen LogP contribution is -2.15. The van der Waals surface area contributed by atoms with Gasteiger partial charge in [-0.15, -0.1) is 0 Å². The van der Waals surface area contributed by atoms with E-state index in [0.717, 1.165) is 0 Å². The molecule has 8 heteroatoms. The summed E-state index contributed by atoms with van der Waals surface area (Å²) in [6.45, 7) is 0. The molecule has 0 aliphatic rings. The Morgan fingerprint density at radius 3 is 2.55 bits per heavy atom. The first-order chi connectivity index (χ1) is 10.5. The van der Waals surface area contributed by atoms with Gasteiger partial charge >= 0.3 is 5.97 Å². The van der Waals surface area contributed by atoms with Crippen molar-refractivity contribution in [2.24, 2.45) is 0 Å². The Bertz CT molecular complexity index is 707. The van der Waals surface area contributed by atoms with E-state index in [1.165, 1.54) is 25.1 Å². The van der Waals surface area contributed by atoms with Gasteiger partial charge in [0.05, 0.1) is 23.9 Å². The van der Waals surface area contributed by atoms with Crippen LogP contribution in [0.1, 0.15) is 20.8 Å². The molecule has 0 aliphatic carbocycles. The highest BCUT2D eigenvalue weighted by molar-refractivity contribution is 7.98. The molecule has 22 heavy (non-hydrogen) atoms. The topological polar surface area (TPSA) is 81.2 Å². The molecule has 6 nitrogen and oxygen atoms in total. The van der Waals surface area contributed by atoms with Crippen LogP contribution in [0.5, 0.6) is 0 Å². The minimum absolute atomic E-state index is 0.0954. The van der Waals surface area contributed by atoms with E-state index in [9.17, 15) is 9.59 Å². The third-order valence-electron chi connectivity index (χ3n) is 2.68. The fourth-order valence-electron chi connectivity index (χ4n) is 1.61. The molecule has 0 saturated carbocycles. The van der Waals surface area contributed by atoms with Crippen LogP contribution in [0, 0.1) is 0 Å². The highest BCUT2D eigenvalue weighted by Gasteiger charge is 2.14. The van der Waals surface area contributed by atoms with Crippen molar-refractivity contribution in [3.63, 3.8) is 0 Å². The molecule has 0 bridgehead atoms. The summed E-state index contributed by atoms with van der Waals surface area (Å²) in [4.78, 5) is 31.6. The van der Waals surface area contributed by atoms with Crippen molar-refractivity contribution in [3.05, 3.63) is 46.7 Å². The zero-order valence-electron chi connectivity index (χ0n) is 11.8. The van der Waals surface area contributed by atoms with E-state index in [4.69, 9.17) is 11.6 Å². The lowest BCUT2D eigenvalue weighted by atomic mass is 10.2. The molecule has 0 radical (unpaired) electrons. The average Bonchev–Trinajstić information content (AvgIpc) is 2.55. The molecule has 1 heterocycles. The van der Waals surface area contributed by atoms with Crippen LogP contribution in [-0.2, 0) is 4.74 Å². The third kappa shape index (κ3) is 3.75. The zero-order chi connectivity index (χ0) is 16.1. The average molecular weight is 338 g/mol. The Morgan fingerprint density at radius 2 is 1.95 bits per heavy atom. The molecule has 0 saturated heterocycles. The van der Waals surface area contributed by atoms with Crippen LogP contribution in [0.2, 0.25) is 5.02 Å². The second-order valence-corrected chi connectivity index (χ2v) is 5.26. The SMILES string of the molecule is COC(=O)c1ccc(NC(=O)c2nc(SC)ncc2Cl)cc1. The van der Waals surface area contributed by atoms with Crippen molar-refractivity contribution in [3.8, 4) is 0 Å². The van der Waals surface area contributed by atoms with Crippen molar-refractivity contribution < 1.29 is 14.3 Å². The van der Waals surface area contributed by atoms with Gasteiger partial charge in [0, 0.05) is 5.69 Å². The number of aromatic nitrogens is 2. The quantitative estimate of drug-likeness (QED) is 0.525. The van der Waals surface area contributed by atoms with Gasteiger partial charge in [0.15, 0.2) is 10.9 Å². The minimum atomic E-state index is -0.450. The second-order valence-electron chi connectivity index (χ2n) is 4.08. The Morgan fingerprint density at radius 1 is 1.27 bits per heavy atom. The maximum Gasteiger partial charge on any atom is 0.337 e. The number of ether oxygens (including phenoxy) is 1. The second kappa shape index (κ2) is 7.24. The molecule has 0 fully saturated rings. The first-order valence-electron chi connectivity index (χ1n) is 6.11. The number of nitrogens with zero attached hydrogens (tertiary/aromatic N) is 2. The van der Waals surface area contributed by atoms with Gasteiger partial charge in [0.1, 0.15) is 0 Å². The van der Waals surface area contributed by atoms with Crippen LogP contribution in [0.25, 0.3) is 0 Å². The molecule has 2 aromatic rings. The Labute approximate surface area is 136 Å². The van der Waals surface area contributed by atoms with E-state index < -0.39 is 11.9 Å². The summed E-state index contributed by atoms with van der Waals surface area (Å²) in [5, 5.41) is 3.28. The first-order valence-corrected chi connectivity index (χ1v) is 7.71. The van der Waals surface area contributed by atoms with E-state index in [2.05, 4.69) is 20.0 Å². The Hall–Kier alpha value is -2.12. The molecule has 0 aliphatic heterocycles. The molecule has 2 rings (SSSR count). The monoisotopic (exact) mass is 337 g/mol. The number of esters is 1. The highest BCUT2D eigenvalue weighted by atomic mass is 35.5. The summed E-state index contributed by atoms with van der Waals surface area (Å²) in [5.41, 5.74) is 1.00. The number of rotatable bonds is 4. The summed E-state index contributed by atoms with van der Waals surface area (Å²) >= 11 is 7.25. The third-order valence-corrected chi connectivity index (χ3v) is 3.52. The van der Waals surface area contributed by atoms with Gasteiger partial charge in [-0.3, -0.25) is 4.79 Å². The number of anilines is 1. The summed E-state index contributed by atoms with van der Waals surface area (Å²) < 4.78 is 4.60. The summed E-state index contributed by atoms with van der Waals surface area (Å²) in [5.74, 6) is -0.894. The van der Waals surface area contributed by atoms with Gasteiger partial charge in [-0.25, -0.2) is 14.8 Å². The number of thioether (sulfide) groups is 1. The molecule has 0 spiro atoms. The number of halogens is 1. The Balaban J connectivity index is 2.17. The first kappa shape index (κ1) is 16.3. The van der Waals surface area contributed by atoms with Crippen LogP contribution in [0.3, 0.4) is 0 Å².